The molecule has 0 amide bonds. The average molecular weight is 343 g/mol. The van der Waals surface area contributed by atoms with Gasteiger partial charge in [0.15, 0.2) is 0 Å². The summed E-state index contributed by atoms with van der Waals surface area (Å²) in [5, 5.41) is 0. The first kappa shape index (κ1) is 15.7. The van der Waals surface area contributed by atoms with Gasteiger partial charge in [-0.2, -0.15) is 0 Å². The van der Waals surface area contributed by atoms with Crippen LogP contribution in [0.25, 0.3) is 28.2 Å². The van der Waals surface area contributed by atoms with Gasteiger partial charge in [-0.25, -0.2) is 4.98 Å². The maximum Gasteiger partial charge on any atom is 0.137 e. The van der Waals surface area contributed by atoms with E-state index in [4.69, 9.17) is 4.98 Å². The second-order valence-electron chi connectivity index (χ2n) is 5.60. The third-order valence-electron chi connectivity index (χ3n) is 3.98. The van der Waals surface area contributed by atoms with Crippen LogP contribution < -0.4 is 0 Å². The highest BCUT2D eigenvalue weighted by Gasteiger charge is 2.15. The summed E-state index contributed by atoms with van der Waals surface area (Å²) in [6.45, 7) is 3.77. The lowest BCUT2D eigenvalue weighted by molar-refractivity contribution is 1.19. The fourth-order valence-electron chi connectivity index (χ4n) is 2.85. The van der Waals surface area contributed by atoms with Gasteiger partial charge in [-0.05, 0) is 36.4 Å². The van der Waals surface area contributed by atoms with Crippen molar-refractivity contribution < 1.29 is 0 Å². The molecule has 122 valence electrons. The monoisotopic (exact) mass is 343 g/mol. The second-order valence-corrected chi connectivity index (χ2v) is 6.69. The molecule has 3 aromatic heterocycles. The highest BCUT2D eigenvalue weighted by atomic mass is 32.2. The van der Waals surface area contributed by atoms with Gasteiger partial charge in [0, 0.05) is 40.4 Å². The normalized spacial score (nSPS) is 10.9. The fourth-order valence-corrected chi connectivity index (χ4v) is 3.49. The van der Waals surface area contributed by atoms with Crippen molar-refractivity contribution in [3.05, 3.63) is 85.8 Å². The molecule has 0 spiro atoms. The number of nitrogens with zero attached hydrogens (tertiary/aromatic N) is 3. The lowest BCUT2D eigenvalue weighted by atomic mass is 10.1. The molecular formula is C21H17N3S. The topological polar surface area (TPSA) is 30.2 Å². The number of rotatable bonds is 5. The highest BCUT2D eigenvalue weighted by molar-refractivity contribution is 7.99. The molecule has 0 aliphatic rings. The zero-order valence-electron chi connectivity index (χ0n) is 13.7. The van der Waals surface area contributed by atoms with Crippen molar-refractivity contribution in [2.75, 3.05) is 5.75 Å². The van der Waals surface area contributed by atoms with E-state index in [9.17, 15) is 0 Å². The maximum absolute atomic E-state index is 4.87. The summed E-state index contributed by atoms with van der Waals surface area (Å²) in [4.78, 5) is 10.2. The number of thioether (sulfide) groups is 1. The predicted octanol–water partition coefficient (Wildman–Crippen LogP) is 5.34. The molecule has 0 saturated heterocycles. The number of hydrogen-bond donors (Lipinski definition) is 0. The smallest absolute Gasteiger partial charge is 0.137 e. The van der Waals surface area contributed by atoms with E-state index in [1.54, 1.807) is 11.8 Å². The number of imidazole rings is 1. The largest absolute Gasteiger partial charge is 0.299 e. The zero-order chi connectivity index (χ0) is 17.1. The third-order valence-corrected chi connectivity index (χ3v) is 4.99. The molecule has 3 nitrogen and oxygen atoms in total. The van der Waals surface area contributed by atoms with Crippen molar-refractivity contribution in [3.8, 4) is 22.5 Å². The van der Waals surface area contributed by atoms with Crippen molar-refractivity contribution in [1.82, 2.24) is 14.4 Å². The van der Waals surface area contributed by atoms with Crippen molar-refractivity contribution in [2.24, 2.45) is 0 Å². The molecule has 0 N–H and O–H groups in total. The molecule has 4 rings (SSSR count). The first-order chi connectivity index (χ1) is 12.4. The third kappa shape index (κ3) is 3.08. The van der Waals surface area contributed by atoms with Gasteiger partial charge in [-0.1, -0.05) is 24.3 Å². The van der Waals surface area contributed by atoms with Crippen LogP contribution in [0.2, 0.25) is 0 Å². The minimum absolute atomic E-state index is 0.913. The van der Waals surface area contributed by atoms with Crippen LogP contribution in [0.1, 0.15) is 0 Å². The number of aromatic nitrogens is 3. The molecule has 0 aliphatic heterocycles. The first-order valence-corrected chi connectivity index (χ1v) is 9.07. The standard InChI is InChI=1S/C21H17N3S/c1-2-15-25-18-8-6-16(7-9-18)20-21(17-10-12-22-13-11-17)24-14-4-3-5-19(24)23-20/h2-14H,1,15H2. The van der Waals surface area contributed by atoms with Gasteiger partial charge in [-0.3, -0.25) is 9.38 Å². The van der Waals surface area contributed by atoms with E-state index in [1.165, 1.54) is 4.90 Å². The summed E-state index contributed by atoms with van der Waals surface area (Å²) in [6.07, 6.45) is 7.60. The van der Waals surface area contributed by atoms with Crippen LogP contribution in [0.3, 0.4) is 0 Å². The van der Waals surface area contributed by atoms with Crippen LogP contribution in [0.15, 0.2) is 90.7 Å². The molecule has 0 bridgehead atoms. The van der Waals surface area contributed by atoms with E-state index < -0.39 is 0 Å². The first-order valence-electron chi connectivity index (χ1n) is 8.08. The van der Waals surface area contributed by atoms with E-state index in [0.717, 1.165) is 33.9 Å². The Bertz CT molecular complexity index is 1000. The van der Waals surface area contributed by atoms with Gasteiger partial charge in [0.2, 0.25) is 0 Å². The SMILES string of the molecule is C=CCSc1ccc(-c2nc3ccccn3c2-c2ccncc2)cc1. The van der Waals surface area contributed by atoms with Crippen LogP contribution in [-0.4, -0.2) is 20.1 Å². The summed E-state index contributed by atoms with van der Waals surface area (Å²) in [5.41, 5.74) is 5.23. The molecule has 0 saturated carbocycles. The van der Waals surface area contributed by atoms with Crippen molar-refractivity contribution in [1.29, 1.82) is 0 Å². The van der Waals surface area contributed by atoms with E-state index in [2.05, 4.69) is 46.4 Å². The minimum Gasteiger partial charge on any atom is -0.299 e. The zero-order valence-corrected chi connectivity index (χ0v) is 14.5. The summed E-state index contributed by atoms with van der Waals surface area (Å²) in [5.74, 6) is 0.913. The molecule has 0 aliphatic carbocycles. The minimum atomic E-state index is 0.913. The molecular weight excluding hydrogens is 326 g/mol. The fraction of sp³-hybridized carbons (Fsp3) is 0.0476. The van der Waals surface area contributed by atoms with Gasteiger partial charge in [-0.15, -0.1) is 18.3 Å². The van der Waals surface area contributed by atoms with Crippen LogP contribution in [0.5, 0.6) is 0 Å². The Hall–Kier alpha value is -2.85. The molecule has 1 aromatic carbocycles. The number of fused-ring (bicyclic) bond motifs is 1. The Morgan fingerprint density at radius 1 is 0.960 bits per heavy atom. The Balaban J connectivity index is 1.85. The number of benzene rings is 1. The van der Waals surface area contributed by atoms with E-state index in [0.29, 0.717) is 0 Å². The summed E-state index contributed by atoms with van der Waals surface area (Å²) in [6, 6.07) is 18.7. The van der Waals surface area contributed by atoms with Gasteiger partial charge in [0.05, 0.1) is 11.4 Å². The average Bonchev–Trinajstić information content (AvgIpc) is 3.07. The Labute approximate surface area is 151 Å². The summed E-state index contributed by atoms with van der Waals surface area (Å²) in [7, 11) is 0. The van der Waals surface area contributed by atoms with Gasteiger partial charge in [0.25, 0.3) is 0 Å². The number of pyridine rings is 2. The summed E-state index contributed by atoms with van der Waals surface area (Å²) >= 11 is 1.78. The molecule has 4 heteroatoms. The highest BCUT2D eigenvalue weighted by Crippen LogP contribution is 2.33. The molecule has 25 heavy (non-hydrogen) atoms. The molecule has 0 radical (unpaired) electrons. The molecule has 0 unspecified atom stereocenters. The Morgan fingerprint density at radius 3 is 2.52 bits per heavy atom. The van der Waals surface area contributed by atoms with Crippen molar-refractivity contribution in [3.63, 3.8) is 0 Å². The van der Waals surface area contributed by atoms with Crippen molar-refractivity contribution in [2.45, 2.75) is 4.90 Å². The van der Waals surface area contributed by atoms with E-state index in [-0.39, 0.29) is 0 Å². The quantitative estimate of drug-likeness (QED) is 0.362. The maximum atomic E-state index is 4.87. The molecule has 0 fully saturated rings. The van der Waals surface area contributed by atoms with E-state index >= 15 is 0 Å². The van der Waals surface area contributed by atoms with Gasteiger partial charge < -0.3 is 0 Å². The number of hydrogen-bond acceptors (Lipinski definition) is 3. The van der Waals surface area contributed by atoms with Crippen LogP contribution >= 0.6 is 11.8 Å². The molecule has 3 heterocycles. The van der Waals surface area contributed by atoms with Crippen LogP contribution in [0, 0.1) is 0 Å². The molecule has 0 atom stereocenters. The molecule has 4 aromatic rings. The summed E-state index contributed by atoms with van der Waals surface area (Å²) < 4.78 is 2.13. The van der Waals surface area contributed by atoms with Gasteiger partial charge >= 0.3 is 0 Å². The Morgan fingerprint density at radius 2 is 1.76 bits per heavy atom. The van der Waals surface area contributed by atoms with Crippen LogP contribution in [-0.2, 0) is 0 Å². The van der Waals surface area contributed by atoms with Crippen molar-refractivity contribution >= 4 is 17.4 Å². The Kier molecular flexibility index (Phi) is 4.36. The van der Waals surface area contributed by atoms with Crippen LogP contribution in [0.4, 0.5) is 0 Å². The predicted molar refractivity (Wildman–Crippen MR) is 105 cm³/mol. The van der Waals surface area contributed by atoms with E-state index in [1.807, 2.05) is 48.8 Å². The lowest BCUT2D eigenvalue weighted by Gasteiger charge is -2.06. The second kappa shape index (κ2) is 6.95. The van der Waals surface area contributed by atoms with Gasteiger partial charge in [0.1, 0.15) is 5.65 Å². The lowest BCUT2D eigenvalue weighted by Crippen LogP contribution is -1.89.